The number of carbonyl (C=O) groups is 1. The molecule has 1 N–H and O–H groups in total. The summed E-state index contributed by atoms with van der Waals surface area (Å²) < 4.78 is 16.9. The summed E-state index contributed by atoms with van der Waals surface area (Å²) in [5, 5.41) is 22.8. The standard InChI is InChI=1S/C44H32N4O4/c1-28(44(49)50)12-11-23-51-33-14-10-13-29(26-33)42-45-46-43(52-42)30-24-31(47-38-19-6-2-15-34(38)35-16-3-7-20-39(35)47)27-32(25-30)48-40-21-8-4-17-36(40)37-18-5-9-22-41(37)48/h2-10,12-22,24-27H,11,23H2,1H3,(H,49,50). The SMILES string of the molecule is CC(=CCCOc1cccc(-c2nnc(-c3cc(-n4c5ccccc5c5ccccc54)cc(-n4c5ccccc5c5ccccc54)c3)o2)c1)C(=O)O. The number of benzene rings is 6. The fraction of sp³-hybridized carbons (Fsp3) is 0.0682. The Kier molecular flexibility index (Phi) is 7.62. The molecular weight excluding hydrogens is 649 g/mol. The Labute approximate surface area is 298 Å². The summed E-state index contributed by atoms with van der Waals surface area (Å²) in [7, 11) is 0. The van der Waals surface area contributed by atoms with Crippen LogP contribution >= 0.6 is 0 Å². The highest BCUT2D eigenvalue weighted by molar-refractivity contribution is 6.10. The van der Waals surface area contributed by atoms with E-state index in [4.69, 9.17) is 14.3 Å². The maximum absolute atomic E-state index is 11.1. The lowest BCUT2D eigenvalue weighted by atomic mass is 10.1. The van der Waals surface area contributed by atoms with Crippen molar-refractivity contribution in [1.82, 2.24) is 19.3 Å². The number of aromatic nitrogens is 4. The first-order valence-electron chi connectivity index (χ1n) is 17.1. The van der Waals surface area contributed by atoms with Crippen molar-refractivity contribution in [1.29, 1.82) is 0 Å². The summed E-state index contributed by atoms with van der Waals surface area (Å²) in [5.74, 6) is 0.445. The highest BCUT2D eigenvalue weighted by Gasteiger charge is 2.19. The van der Waals surface area contributed by atoms with Gasteiger partial charge in [0.05, 0.1) is 28.7 Å². The monoisotopic (exact) mass is 680 g/mol. The molecule has 252 valence electrons. The molecule has 6 aromatic carbocycles. The fourth-order valence-corrected chi connectivity index (χ4v) is 7.09. The molecule has 8 nitrogen and oxygen atoms in total. The molecule has 0 atom stereocenters. The van der Waals surface area contributed by atoms with Crippen molar-refractivity contribution in [2.75, 3.05) is 6.61 Å². The summed E-state index contributed by atoms with van der Waals surface area (Å²) in [4.78, 5) is 11.1. The van der Waals surface area contributed by atoms with Crippen LogP contribution in [0.1, 0.15) is 13.3 Å². The third kappa shape index (κ3) is 5.38. The predicted octanol–water partition coefficient (Wildman–Crippen LogP) is 10.4. The average molecular weight is 681 g/mol. The van der Waals surface area contributed by atoms with Crippen LogP contribution in [0.15, 0.2) is 156 Å². The molecule has 9 aromatic rings. The van der Waals surface area contributed by atoms with Gasteiger partial charge in [0.2, 0.25) is 11.8 Å². The molecule has 0 aliphatic heterocycles. The molecule has 0 amide bonds. The zero-order valence-electron chi connectivity index (χ0n) is 28.2. The minimum atomic E-state index is -0.933. The lowest BCUT2D eigenvalue weighted by Crippen LogP contribution is -2.00. The number of para-hydroxylation sites is 4. The average Bonchev–Trinajstić information content (AvgIpc) is 3.90. The van der Waals surface area contributed by atoms with Crippen LogP contribution in [0.3, 0.4) is 0 Å². The Bertz CT molecular complexity index is 2600. The third-order valence-corrected chi connectivity index (χ3v) is 9.51. The lowest BCUT2D eigenvalue weighted by molar-refractivity contribution is -0.132. The van der Waals surface area contributed by atoms with Crippen molar-refractivity contribution in [2.45, 2.75) is 13.3 Å². The zero-order chi connectivity index (χ0) is 35.2. The molecular formula is C44H32N4O4. The Hall–Kier alpha value is -6.93. The molecule has 0 fully saturated rings. The molecule has 0 unspecified atom stereocenters. The van der Waals surface area contributed by atoms with Crippen LogP contribution in [0.25, 0.3) is 77.9 Å². The topological polar surface area (TPSA) is 95.3 Å². The van der Waals surface area contributed by atoms with E-state index in [1.807, 2.05) is 24.3 Å². The van der Waals surface area contributed by atoms with Crippen LogP contribution in [-0.4, -0.2) is 37.0 Å². The van der Waals surface area contributed by atoms with Gasteiger partial charge in [-0.25, -0.2) is 4.79 Å². The molecule has 0 radical (unpaired) electrons. The van der Waals surface area contributed by atoms with E-state index in [0.29, 0.717) is 36.1 Å². The van der Waals surface area contributed by atoms with Crippen LogP contribution in [0, 0.1) is 0 Å². The lowest BCUT2D eigenvalue weighted by Gasteiger charge is -2.14. The summed E-state index contributed by atoms with van der Waals surface area (Å²) in [6, 6.07) is 47.8. The first-order valence-corrected chi connectivity index (χ1v) is 17.1. The van der Waals surface area contributed by atoms with Gasteiger partial charge in [-0.05, 0) is 67.6 Å². The number of fused-ring (bicyclic) bond motifs is 6. The molecule has 3 heterocycles. The first kappa shape index (κ1) is 31.1. The highest BCUT2D eigenvalue weighted by Crippen LogP contribution is 2.38. The third-order valence-electron chi connectivity index (χ3n) is 9.51. The molecule has 9 rings (SSSR count). The van der Waals surface area contributed by atoms with Crippen LogP contribution < -0.4 is 4.74 Å². The fourth-order valence-electron chi connectivity index (χ4n) is 7.09. The molecule has 0 aliphatic carbocycles. The van der Waals surface area contributed by atoms with Gasteiger partial charge in [-0.2, -0.15) is 0 Å². The van der Waals surface area contributed by atoms with Crippen molar-refractivity contribution >= 4 is 49.6 Å². The van der Waals surface area contributed by atoms with Gasteiger partial charge in [-0.3, -0.25) is 0 Å². The van der Waals surface area contributed by atoms with E-state index in [-0.39, 0.29) is 0 Å². The number of ether oxygens (including phenoxy) is 1. The van der Waals surface area contributed by atoms with Gasteiger partial charge in [0.1, 0.15) is 5.75 Å². The van der Waals surface area contributed by atoms with Crippen molar-refractivity contribution in [3.8, 4) is 40.0 Å². The van der Waals surface area contributed by atoms with E-state index in [1.165, 1.54) is 21.5 Å². The largest absolute Gasteiger partial charge is 0.493 e. The normalized spacial score (nSPS) is 12.0. The van der Waals surface area contributed by atoms with E-state index in [0.717, 1.165) is 44.6 Å². The van der Waals surface area contributed by atoms with Crippen molar-refractivity contribution in [3.63, 3.8) is 0 Å². The van der Waals surface area contributed by atoms with Crippen molar-refractivity contribution in [2.24, 2.45) is 0 Å². The molecule has 0 saturated heterocycles. The summed E-state index contributed by atoms with van der Waals surface area (Å²) in [6.07, 6.45) is 2.13. The molecule has 3 aromatic heterocycles. The van der Waals surface area contributed by atoms with Gasteiger partial charge in [0.15, 0.2) is 0 Å². The second-order valence-corrected chi connectivity index (χ2v) is 12.7. The molecule has 0 saturated carbocycles. The summed E-state index contributed by atoms with van der Waals surface area (Å²) >= 11 is 0. The van der Waals surface area contributed by atoms with Crippen LogP contribution in [0.4, 0.5) is 0 Å². The highest BCUT2D eigenvalue weighted by atomic mass is 16.5. The van der Waals surface area contributed by atoms with E-state index >= 15 is 0 Å². The smallest absolute Gasteiger partial charge is 0.330 e. The minimum Gasteiger partial charge on any atom is -0.493 e. The van der Waals surface area contributed by atoms with Gasteiger partial charge in [-0.1, -0.05) is 84.9 Å². The summed E-state index contributed by atoms with van der Waals surface area (Å²) in [6.45, 7) is 1.91. The number of rotatable bonds is 9. The second-order valence-electron chi connectivity index (χ2n) is 12.7. The Morgan fingerprint density at radius 2 is 1.12 bits per heavy atom. The number of carboxylic acid groups (broad SMARTS) is 1. The second kappa shape index (κ2) is 12.8. The van der Waals surface area contributed by atoms with E-state index < -0.39 is 5.97 Å². The van der Waals surface area contributed by atoms with Gasteiger partial charge >= 0.3 is 5.97 Å². The number of hydrogen-bond donors (Lipinski definition) is 1. The molecule has 8 heteroatoms. The maximum atomic E-state index is 11.1. The first-order chi connectivity index (χ1) is 25.5. The quantitative estimate of drug-likeness (QED) is 0.120. The van der Waals surface area contributed by atoms with Gasteiger partial charge in [-0.15, -0.1) is 10.2 Å². The number of hydrogen-bond acceptors (Lipinski definition) is 5. The number of nitrogens with zero attached hydrogens (tertiary/aromatic N) is 4. The van der Waals surface area contributed by atoms with Crippen LogP contribution in [0.5, 0.6) is 5.75 Å². The van der Waals surface area contributed by atoms with Gasteiger partial charge < -0.3 is 23.4 Å². The van der Waals surface area contributed by atoms with Gasteiger partial charge in [0, 0.05) is 56.0 Å². The Morgan fingerprint density at radius 3 is 1.62 bits per heavy atom. The zero-order valence-corrected chi connectivity index (χ0v) is 28.2. The van der Waals surface area contributed by atoms with Crippen LogP contribution in [0.2, 0.25) is 0 Å². The number of aliphatic carboxylic acids is 1. The summed E-state index contributed by atoms with van der Waals surface area (Å²) in [5.41, 5.74) is 8.13. The van der Waals surface area contributed by atoms with E-state index in [1.54, 1.807) is 13.0 Å². The van der Waals surface area contributed by atoms with E-state index in [2.05, 4.69) is 135 Å². The van der Waals surface area contributed by atoms with Crippen LogP contribution in [-0.2, 0) is 4.79 Å². The number of carboxylic acids is 1. The van der Waals surface area contributed by atoms with Gasteiger partial charge in [0.25, 0.3) is 0 Å². The van der Waals surface area contributed by atoms with E-state index in [9.17, 15) is 4.79 Å². The minimum absolute atomic E-state index is 0.291. The molecule has 52 heavy (non-hydrogen) atoms. The predicted molar refractivity (Wildman–Crippen MR) is 205 cm³/mol. The molecule has 0 bridgehead atoms. The molecule has 0 spiro atoms. The van der Waals surface area contributed by atoms with Crippen molar-refractivity contribution < 1.29 is 19.1 Å². The Morgan fingerprint density at radius 1 is 0.635 bits per heavy atom. The maximum Gasteiger partial charge on any atom is 0.330 e. The molecule has 0 aliphatic rings. The van der Waals surface area contributed by atoms with Crippen molar-refractivity contribution in [3.05, 3.63) is 151 Å². The Balaban J connectivity index is 1.18.